The first-order valence-electron chi connectivity index (χ1n) is 7.38. The molecule has 0 unspecified atom stereocenters. The van der Waals surface area contributed by atoms with Crippen LogP contribution < -0.4 is 10.1 Å². The Hall–Kier alpha value is -2.89. The average molecular weight is 310 g/mol. The van der Waals surface area contributed by atoms with Crippen LogP contribution in [0, 0.1) is 0 Å². The molecular weight excluding hydrogens is 292 g/mol. The maximum absolute atomic E-state index is 12.3. The zero-order valence-electron chi connectivity index (χ0n) is 13.3. The van der Waals surface area contributed by atoms with Crippen LogP contribution in [0.5, 0.6) is 5.88 Å². The van der Waals surface area contributed by atoms with Gasteiger partial charge in [0.15, 0.2) is 5.69 Å². The summed E-state index contributed by atoms with van der Waals surface area (Å²) >= 11 is 0. The number of ether oxygens (including phenoxy) is 1. The van der Waals surface area contributed by atoms with Crippen molar-refractivity contribution in [3.05, 3.63) is 48.3 Å². The molecule has 1 amide bonds. The van der Waals surface area contributed by atoms with E-state index in [2.05, 4.69) is 15.4 Å². The van der Waals surface area contributed by atoms with Crippen molar-refractivity contribution in [1.29, 1.82) is 0 Å². The number of nitrogens with zero attached hydrogens (tertiary/aromatic N) is 3. The third-order valence-corrected chi connectivity index (χ3v) is 3.50. The predicted molar refractivity (Wildman–Crippen MR) is 88.9 cm³/mol. The van der Waals surface area contributed by atoms with Gasteiger partial charge in [0.25, 0.3) is 5.91 Å². The topological polar surface area (TPSA) is 69.0 Å². The molecule has 1 aromatic carbocycles. The van der Waals surface area contributed by atoms with E-state index in [0.717, 1.165) is 10.9 Å². The predicted octanol–water partition coefficient (Wildman–Crippen LogP) is 3.27. The summed E-state index contributed by atoms with van der Waals surface area (Å²) < 4.78 is 6.86. The van der Waals surface area contributed by atoms with Gasteiger partial charge in [-0.15, -0.1) is 0 Å². The van der Waals surface area contributed by atoms with Gasteiger partial charge in [0.2, 0.25) is 5.88 Å². The molecule has 3 rings (SSSR count). The lowest BCUT2D eigenvalue weighted by Crippen LogP contribution is -2.13. The first-order valence-corrected chi connectivity index (χ1v) is 7.38. The fourth-order valence-electron chi connectivity index (χ4n) is 2.24. The smallest absolute Gasteiger partial charge is 0.276 e. The van der Waals surface area contributed by atoms with Gasteiger partial charge in [-0.05, 0) is 44.2 Å². The zero-order chi connectivity index (χ0) is 16.4. The van der Waals surface area contributed by atoms with Crippen molar-refractivity contribution < 1.29 is 9.53 Å². The molecule has 2 aromatic heterocycles. The highest BCUT2D eigenvalue weighted by Crippen LogP contribution is 2.21. The van der Waals surface area contributed by atoms with Crippen molar-refractivity contribution in [3.8, 4) is 5.88 Å². The highest BCUT2D eigenvalue weighted by atomic mass is 16.5. The lowest BCUT2D eigenvalue weighted by atomic mass is 10.2. The monoisotopic (exact) mass is 310 g/mol. The summed E-state index contributed by atoms with van der Waals surface area (Å²) in [6, 6.07) is 11.2. The first-order chi connectivity index (χ1) is 11.1. The van der Waals surface area contributed by atoms with Gasteiger partial charge in [0, 0.05) is 29.4 Å². The van der Waals surface area contributed by atoms with E-state index in [1.165, 1.54) is 0 Å². The third-order valence-electron chi connectivity index (χ3n) is 3.50. The van der Waals surface area contributed by atoms with E-state index in [4.69, 9.17) is 4.74 Å². The van der Waals surface area contributed by atoms with Crippen LogP contribution in [0.3, 0.4) is 0 Å². The number of fused-ring (bicyclic) bond motifs is 1. The Bertz CT molecular complexity index is 855. The van der Waals surface area contributed by atoms with Crippen LogP contribution in [0.1, 0.15) is 30.4 Å². The van der Waals surface area contributed by atoms with Crippen molar-refractivity contribution in [3.63, 3.8) is 0 Å². The van der Waals surface area contributed by atoms with E-state index in [1.54, 1.807) is 30.1 Å². The number of anilines is 1. The number of benzene rings is 1. The molecule has 0 aliphatic heterocycles. The van der Waals surface area contributed by atoms with Gasteiger partial charge < -0.3 is 10.1 Å². The van der Waals surface area contributed by atoms with E-state index in [1.807, 2.05) is 38.1 Å². The molecular formula is C17H18N4O2. The molecule has 0 saturated carbocycles. The summed E-state index contributed by atoms with van der Waals surface area (Å²) in [5.41, 5.74) is 1.91. The molecule has 0 bridgehead atoms. The molecule has 0 saturated heterocycles. The molecule has 6 heteroatoms. The average Bonchev–Trinajstić information content (AvgIpc) is 3.04. The number of amides is 1. The van der Waals surface area contributed by atoms with Crippen LogP contribution in [0.25, 0.3) is 10.9 Å². The molecule has 1 N–H and O–H groups in total. The second-order valence-corrected chi connectivity index (χ2v) is 5.49. The van der Waals surface area contributed by atoms with Gasteiger partial charge in [-0.1, -0.05) is 0 Å². The van der Waals surface area contributed by atoms with Crippen LogP contribution in [0.2, 0.25) is 0 Å². The van der Waals surface area contributed by atoms with Crippen LogP contribution in [0.4, 0.5) is 5.69 Å². The van der Waals surface area contributed by atoms with Gasteiger partial charge in [-0.25, -0.2) is 4.98 Å². The molecule has 0 aliphatic rings. The largest absolute Gasteiger partial charge is 0.481 e. The minimum Gasteiger partial charge on any atom is -0.481 e. The quantitative estimate of drug-likeness (QED) is 0.803. The number of aromatic nitrogens is 3. The maximum atomic E-state index is 12.3. The van der Waals surface area contributed by atoms with E-state index >= 15 is 0 Å². The zero-order valence-corrected chi connectivity index (χ0v) is 13.3. The maximum Gasteiger partial charge on any atom is 0.276 e. The summed E-state index contributed by atoms with van der Waals surface area (Å²) in [6.45, 7) is 4.03. The standard InChI is InChI=1S/C17H18N4O2/c1-11(2)21-9-8-15(20-21)17(22)18-13-5-6-14-12(10-13)4-7-16(19-14)23-3/h4-11H,1-3H3,(H,18,22). The molecule has 118 valence electrons. The SMILES string of the molecule is COc1ccc2cc(NC(=O)c3ccn(C(C)C)n3)ccc2n1. The molecule has 0 atom stereocenters. The van der Waals surface area contributed by atoms with Gasteiger partial charge in [0.05, 0.1) is 12.6 Å². The van der Waals surface area contributed by atoms with Crippen LogP contribution in [-0.2, 0) is 0 Å². The van der Waals surface area contributed by atoms with Crippen molar-refractivity contribution in [1.82, 2.24) is 14.8 Å². The van der Waals surface area contributed by atoms with Crippen molar-refractivity contribution >= 4 is 22.5 Å². The number of carbonyl (C=O) groups excluding carboxylic acids is 1. The fourth-order valence-corrected chi connectivity index (χ4v) is 2.24. The lowest BCUT2D eigenvalue weighted by molar-refractivity contribution is 0.102. The summed E-state index contributed by atoms with van der Waals surface area (Å²) in [4.78, 5) is 16.6. The Morgan fingerprint density at radius 1 is 1.22 bits per heavy atom. The highest BCUT2D eigenvalue weighted by Gasteiger charge is 2.11. The van der Waals surface area contributed by atoms with E-state index in [-0.39, 0.29) is 11.9 Å². The molecule has 0 radical (unpaired) electrons. The Labute approximate surface area is 134 Å². The van der Waals surface area contributed by atoms with Crippen LogP contribution in [-0.4, -0.2) is 27.8 Å². The fraction of sp³-hybridized carbons (Fsp3) is 0.235. The normalized spacial score (nSPS) is 11.0. The minimum atomic E-state index is -0.231. The van der Waals surface area contributed by atoms with Crippen LogP contribution >= 0.6 is 0 Å². The van der Waals surface area contributed by atoms with Gasteiger partial charge in [-0.3, -0.25) is 9.48 Å². The van der Waals surface area contributed by atoms with E-state index < -0.39 is 0 Å². The van der Waals surface area contributed by atoms with Gasteiger partial charge >= 0.3 is 0 Å². The Morgan fingerprint density at radius 3 is 2.74 bits per heavy atom. The molecule has 2 heterocycles. The molecule has 0 spiro atoms. The van der Waals surface area contributed by atoms with Gasteiger partial charge in [-0.2, -0.15) is 5.10 Å². The van der Waals surface area contributed by atoms with Crippen molar-refractivity contribution in [2.45, 2.75) is 19.9 Å². The summed E-state index contributed by atoms with van der Waals surface area (Å²) in [6.07, 6.45) is 1.80. The van der Waals surface area contributed by atoms with E-state index in [9.17, 15) is 4.79 Å². The number of hydrogen-bond donors (Lipinski definition) is 1. The van der Waals surface area contributed by atoms with Gasteiger partial charge in [0.1, 0.15) is 0 Å². The Balaban J connectivity index is 1.81. The summed E-state index contributed by atoms with van der Waals surface area (Å²) in [7, 11) is 1.58. The second-order valence-electron chi connectivity index (χ2n) is 5.49. The number of nitrogens with one attached hydrogen (secondary N) is 1. The minimum absolute atomic E-state index is 0.221. The Kier molecular flexibility index (Phi) is 3.97. The highest BCUT2D eigenvalue weighted by molar-refractivity contribution is 6.03. The lowest BCUT2D eigenvalue weighted by Gasteiger charge is -2.06. The second kappa shape index (κ2) is 6.08. The van der Waals surface area contributed by atoms with Crippen LogP contribution in [0.15, 0.2) is 42.6 Å². The third kappa shape index (κ3) is 3.15. The number of hydrogen-bond acceptors (Lipinski definition) is 4. The number of pyridine rings is 1. The van der Waals surface area contributed by atoms with Crippen molar-refractivity contribution in [2.24, 2.45) is 0 Å². The molecule has 6 nitrogen and oxygen atoms in total. The Morgan fingerprint density at radius 2 is 2.04 bits per heavy atom. The summed E-state index contributed by atoms with van der Waals surface area (Å²) in [5, 5.41) is 8.05. The van der Waals surface area contributed by atoms with Crippen molar-refractivity contribution in [2.75, 3.05) is 12.4 Å². The van der Waals surface area contributed by atoms with E-state index in [0.29, 0.717) is 17.3 Å². The molecule has 0 fully saturated rings. The number of methoxy groups -OCH3 is 1. The molecule has 3 aromatic rings. The number of rotatable bonds is 4. The molecule has 0 aliphatic carbocycles. The number of carbonyl (C=O) groups is 1. The first kappa shape index (κ1) is 15.0. The molecule has 23 heavy (non-hydrogen) atoms. The summed E-state index contributed by atoms with van der Waals surface area (Å²) in [5.74, 6) is 0.332.